The quantitative estimate of drug-likeness (QED) is 0.812. The molecular formula is C12H23F3N2. The molecule has 0 aromatic carbocycles. The van der Waals surface area contributed by atoms with Gasteiger partial charge in [0.2, 0.25) is 0 Å². The van der Waals surface area contributed by atoms with Gasteiger partial charge in [-0.1, -0.05) is 6.92 Å². The van der Waals surface area contributed by atoms with Gasteiger partial charge in [0.15, 0.2) is 0 Å². The molecule has 0 amide bonds. The Morgan fingerprint density at radius 2 is 2.00 bits per heavy atom. The predicted molar refractivity (Wildman–Crippen MR) is 63.0 cm³/mol. The molecule has 0 aliphatic carbocycles. The van der Waals surface area contributed by atoms with Crippen molar-refractivity contribution in [3.63, 3.8) is 0 Å². The molecule has 0 radical (unpaired) electrons. The Labute approximate surface area is 102 Å². The first-order valence-electron chi connectivity index (χ1n) is 6.32. The second kappa shape index (κ2) is 6.05. The molecule has 0 saturated carbocycles. The molecule has 1 aliphatic heterocycles. The smallest absolute Gasteiger partial charge is 0.314 e. The maximum absolute atomic E-state index is 12.4. The fourth-order valence-electron chi connectivity index (χ4n) is 2.28. The fraction of sp³-hybridized carbons (Fsp3) is 1.00. The first-order chi connectivity index (χ1) is 7.78. The number of nitrogens with one attached hydrogen (secondary N) is 1. The molecule has 102 valence electrons. The summed E-state index contributed by atoms with van der Waals surface area (Å²) >= 11 is 0. The van der Waals surface area contributed by atoms with Crippen molar-refractivity contribution in [3.8, 4) is 0 Å². The zero-order valence-corrected chi connectivity index (χ0v) is 10.8. The van der Waals surface area contributed by atoms with Gasteiger partial charge in [0.25, 0.3) is 0 Å². The van der Waals surface area contributed by atoms with Crippen LogP contribution in [0.25, 0.3) is 0 Å². The number of nitrogens with zero attached hydrogens (tertiary/aromatic N) is 1. The van der Waals surface area contributed by atoms with Crippen LogP contribution in [0.3, 0.4) is 0 Å². The molecule has 0 bridgehead atoms. The highest BCUT2D eigenvalue weighted by atomic mass is 19.4. The lowest BCUT2D eigenvalue weighted by atomic mass is 10.0. The van der Waals surface area contributed by atoms with Crippen LogP contribution in [0.15, 0.2) is 0 Å². The molecule has 2 nitrogen and oxygen atoms in total. The van der Waals surface area contributed by atoms with E-state index in [4.69, 9.17) is 0 Å². The highest BCUT2D eigenvalue weighted by Crippen LogP contribution is 2.24. The van der Waals surface area contributed by atoms with E-state index in [0.29, 0.717) is 12.0 Å². The van der Waals surface area contributed by atoms with Gasteiger partial charge in [-0.05, 0) is 39.3 Å². The van der Waals surface area contributed by atoms with Crippen LogP contribution >= 0.6 is 0 Å². The number of hydrogen-bond acceptors (Lipinski definition) is 2. The van der Waals surface area contributed by atoms with Crippen molar-refractivity contribution < 1.29 is 13.2 Å². The molecule has 5 heteroatoms. The topological polar surface area (TPSA) is 15.3 Å². The van der Waals surface area contributed by atoms with Gasteiger partial charge in [-0.15, -0.1) is 0 Å². The molecule has 1 fully saturated rings. The molecule has 0 aromatic heterocycles. The number of hydrogen-bond donors (Lipinski definition) is 1. The molecule has 0 aromatic rings. The zero-order valence-electron chi connectivity index (χ0n) is 10.8. The molecule has 1 heterocycles. The third-order valence-electron chi connectivity index (χ3n) is 3.36. The Kier molecular flexibility index (Phi) is 5.25. The van der Waals surface area contributed by atoms with Crippen molar-refractivity contribution >= 4 is 0 Å². The van der Waals surface area contributed by atoms with E-state index in [1.165, 1.54) is 0 Å². The normalized spacial score (nSPS) is 30.7. The SMILES string of the molecule is CC1CNC(C)CCN(C(C)CC(F)(F)F)C1. The second-order valence-corrected chi connectivity index (χ2v) is 5.37. The minimum Gasteiger partial charge on any atom is -0.314 e. The summed E-state index contributed by atoms with van der Waals surface area (Å²) in [7, 11) is 0. The van der Waals surface area contributed by atoms with Crippen LogP contribution in [0.2, 0.25) is 0 Å². The third-order valence-corrected chi connectivity index (χ3v) is 3.36. The standard InChI is InChI=1S/C12H23F3N2/c1-9-7-16-10(2)4-5-17(8-9)11(3)6-12(13,14)15/h9-11,16H,4-8H2,1-3H3. The number of alkyl halides is 3. The van der Waals surface area contributed by atoms with E-state index in [1.54, 1.807) is 6.92 Å². The fourth-order valence-corrected chi connectivity index (χ4v) is 2.28. The summed E-state index contributed by atoms with van der Waals surface area (Å²) in [6.07, 6.45) is -3.86. The van der Waals surface area contributed by atoms with Crippen LogP contribution in [0.5, 0.6) is 0 Å². The minimum atomic E-state index is -4.06. The van der Waals surface area contributed by atoms with E-state index in [0.717, 1.165) is 26.1 Å². The van der Waals surface area contributed by atoms with Crippen molar-refractivity contribution in [2.75, 3.05) is 19.6 Å². The van der Waals surface area contributed by atoms with Crippen molar-refractivity contribution in [2.24, 2.45) is 5.92 Å². The first-order valence-corrected chi connectivity index (χ1v) is 6.32. The summed E-state index contributed by atoms with van der Waals surface area (Å²) in [5.74, 6) is 0.397. The third kappa shape index (κ3) is 5.73. The minimum absolute atomic E-state index is 0.387. The summed E-state index contributed by atoms with van der Waals surface area (Å²) in [4.78, 5) is 1.98. The molecule has 1 aliphatic rings. The average molecular weight is 252 g/mol. The largest absolute Gasteiger partial charge is 0.390 e. The van der Waals surface area contributed by atoms with E-state index in [1.807, 2.05) is 4.90 Å². The molecule has 1 rings (SSSR count). The Bertz CT molecular complexity index is 230. The van der Waals surface area contributed by atoms with Gasteiger partial charge in [-0.2, -0.15) is 13.2 Å². The molecule has 0 spiro atoms. The summed E-state index contributed by atoms with van der Waals surface area (Å²) in [6, 6.07) is -0.0268. The highest BCUT2D eigenvalue weighted by Gasteiger charge is 2.33. The lowest BCUT2D eigenvalue weighted by Gasteiger charge is -2.35. The van der Waals surface area contributed by atoms with E-state index in [-0.39, 0.29) is 0 Å². The Hall–Kier alpha value is -0.290. The van der Waals surface area contributed by atoms with Crippen molar-refractivity contribution in [3.05, 3.63) is 0 Å². The van der Waals surface area contributed by atoms with Crippen molar-refractivity contribution in [1.29, 1.82) is 0 Å². The van der Waals surface area contributed by atoms with Crippen LogP contribution in [-0.2, 0) is 0 Å². The summed E-state index contributed by atoms with van der Waals surface area (Å²) in [5.41, 5.74) is 0. The molecule has 3 unspecified atom stereocenters. The van der Waals surface area contributed by atoms with Crippen molar-refractivity contribution in [1.82, 2.24) is 10.2 Å². The number of halogens is 3. The van der Waals surface area contributed by atoms with Crippen LogP contribution in [-0.4, -0.2) is 42.8 Å². The molecule has 1 N–H and O–H groups in total. The van der Waals surface area contributed by atoms with Gasteiger partial charge >= 0.3 is 6.18 Å². The van der Waals surface area contributed by atoms with Gasteiger partial charge in [0.1, 0.15) is 0 Å². The van der Waals surface area contributed by atoms with E-state index in [9.17, 15) is 13.2 Å². The van der Waals surface area contributed by atoms with E-state index < -0.39 is 18.6 Å². The van der Waals surface area contributed by atoms with Crippen LogP contribution in [0.1, 0.15) is 33.6 Å². The van der Waals surface area contributed by atoms with Gasteiger partial charge in [0, 0.05) is 18.6 Å². The van der Waals surface area contributed by atoms with Gasteiger partial charge in [-0.25, -0.2) is 0 Å². The van der Waals surface area contributed by atoms with Crippen LogP contribution in [0, 0.1) is 5.92 Å². The summed E-state index contributed by atoms with van der Waals surface area (Å²) in [5, 5.41) is 3.39. The van der Waals surface area contributed by atoms with Crippen LogP contribution in [0.4, 0.5) is 13.2 Å². The highest BCUT2D eigenvalue weighted by molar-refractivity contribution is 4.78. The van der Waals surface area contributed by atoms with Gasteiger partial charge in [-0.3, -0.25) is 4.90 Å². The maximum atomic E-state index is 12.4. The first kappa shape index (κ1) is 14.8. The molecule has 3 atom stereocenters. The molecule has 1 saturated heterocycles. The van der Waals surface area contributed by atoms with E-state index in [2.05, 4.69) is 19.2 Å². The van der Waals surface area contributed by atoms with Gasteiger partial charge in [0.05, 0.1) is 6.42 Å². The van der Waals surface area contributed by atoms with E-state index >= 15 is 0 Å². The molecular weight excluding hydrogens is 229 g/mol. The van der Waals surface area contributed by atoms with Crippen LogP contribution < -0.4 is 5.32 Å². The van der Waals surface area contributed by atoms with Crippen molar-refractivity contribution in [2.45, 2.75) is 51.9 Å². The Morgan fingerprint density at radius 3 is 2.59 bits per heavy atom. The van der Waals surface area contributed by atoms with Gasteiger partial charge < -0.3 is 5.32 Å². The lowest BCUT2D eigenvalue weighted by Crippen LogP contribution is -2.46. The monoisotopic (exact) mass is 252 g/mol. The molecule has 17 heavy (non-hydrogen) atoms. The Morgan fingerprint density at radius 1 is 1.35 bits per heavy atom. The average Bonchev–Trinajstić information content (AvgIpc) is 2.15. The second-order valence-electron chi connectivity index (χ2n) is 5.37. The predicted octanol–water partition coefficient (Wildman–Crippen LogP) is 2.65. The zero-order chi connectivity index (χ0) is 13.1. The maximum Gasteiger partial charge on any atom is 0.390 e. The summed E-state index contributed by atoms with van der Waals surface area (Å²) in [6.45, 7) is 8.23. The summed E-state index contributed by atoms with van der Waals surface area (Å²) < 4.78 is 37.1. The Balaban J connectivity index is 2.54. The lowest BCUT2D eigenvalue weighted by molar-refractivity contribution is -0.146. The number of rotatable bonds is 2.